The van der Waals surface area contributed by atoms with Gasteiger partial charge in [0.25, 0.3) is 0 Å². The molecule has 0 aliphatic carbocycles. The van der Waals surface area contributed by atoms with Gasteiger partial charge in [0, 0.05) is 11.6 Å². The van der Waals surface area contributed by atoms with E-state index in [1.54, 1.807) is 0 Å². The Bertz CT molecular complexity index is 616. The van der Waals surface area contributed by atoms with Crippen molar-refractivity contribution in [2.45, 2.75) is 33.6 Å². The van der Waals surface area contributed by atoms with E-state index in [0.717, 1.165) is 35.6 Å². The first-order chi connectivity index (χ1) is 10.6. The Kier molecular flexibility index (Phi) is 5.59. The molecule has 0 radical (unpaired) electrons. The van der Waals surface area contributed by atoms with E-state index >= 15 is 0 Å². The van der Waals surface area contributed by atoms with Gasteiger partial charge in [-0.3, -0.25) is 4.79 Å². The molecule has 1 N–H and O–H groups in total. The molecule has 3 nitrogen and oxygen atoms in total. The Labute approximate surface area is 132 Å². The number of nitrogens with one attached hydrogen (secondary N) is 1. The number of carbonyl (C=O) groups excluding carboxylic acids is 1. The summed E-state index contributed by atoms with van der Waals surface area (Å²) < 4.78 is 5.80. The topological polar surface area (TPSA) is 38.3 Å². The minimum absolute atomic E-state index is 0.0724. The van der Waals surface area contributed by atoms with E-state index in [2.05, 4.69) is 5.32 Å². The van der Waals surface area contributed by atoms with Gasteiger partial charge in [0.1, 0.15) is 11.5 Å². The molecule has 0 saturated carbocycles. The highest BCUT2D eigenvalue weighted by Gasteiger charge is 2.13. The quantitative estimate of drug-likeness (QED) is 0.799. The molecule has 2 aromatic carbocycles. The van der Waals surface area contributed by atoms with E-state index in [9.17, 15) is 4.79 Å². The number of hydrogen-bond acceptors (Lipinski definition) is 2. The molecule has 2 aromatic rings. The number of amides is 1. The maximum atomic E-state index is 12.0. The third-order valence-electron chi connectivity index (χ3n) is 3.70. The molecular formula is C19H23NO2. The summed E-state index contributed by atoms with van der Waals surface area (Å²) in [7, 11) is 0. The summed E-state index contributed by atoms with van der Waals surface area (Å²) >= 11 is 0. The third-order valence-corrected chi connectivity index (χ3v) is 3.70. The fourth-order valence-corrected chi connectivity index (χ4v) is 2.33. The normalized spacial score (nSPS) is 10.5. The second kappa shape index (κ2) is 7.64. The summed E-state index contributed by atoms with van der Waals surface area (Å²) in [4.78, 5) is 12.0. The smallest absolute Gasteiger partial charge is 0.227 e. The van der Waals surface area contributed by atoms with Gasteiger partial charge >= 0.3 is 0 Å². The number of hydrogen-bond donors (Lipinski definition) is 1. The molecule has 0 aromatic heterocycles. The lowest BCUT2D eigenvalue weighted by Crippen LogP contribution is -2.21. The second-order valence-corrected chi connectivity index (χ2v) is 5.45. The summed E-state index contributed by atoms with van der Waals surface area (Å²) in [5.41, 5.74) is 1.96. The standard InChI is InChI=1S/C19H23NO2/c1-4-15(5-2)19(21)20-16-9-11-17(12-10-16)22-18-8-6-7-14(3)13-18/h6-13,15H,4-5H2,1-3H3,(H,20,21). The van der Waals surface area contributed by atoms with E-state index in [0.29, 0.717) is 0 Å². The first-order valence-electron chi connectivity index (χ1n) is 7.77. The molecule has 0 spiro atoms. The van der Waals surface area contributed by atoms with Crippen LogP contribution in [0.2, 0.25) is 0 Å². The summed E-state index contributed by atoms with van der Waals surface area (Å²) in [5.74, 6) is 1.72. The Hall–Kier alpha value is -2.29. The van der Waals surface area contributed by atoms with Crippen LogP contribution >= 0.6 is 0 Å². The van der Waals surface area contributed by atoms with E-state index < -0.39 is 0 Å². The van der Waals surface area contributed by atoms with Crippen LogP contribution < -0.4 is 10.1 Å². The molecule has 0 saturated heterocycles. The maximum Gasteiger partial charge on any atom is 0.227 e. The molecule has 0 bridgehead atoms. The molecule has 0 unspecified atom stereocenters. The zero-order valence-electron chi connectivity index (χ0n) is 13.4. The highest BCUT2D eigenvalue weighted by molar-refractivity contribution is 5.92. The first-order valence-corrected chi connectivity index (χ1v) is 7.77. The van der Waals surface area contributed by atoms with E-state index in [-0.39, 0.29) is 11.8 Å². The van der Waals surface area contributed by atoms with Gasteiger partial charge in [0.2, 0.25) is 5.91 Å². The molecular weight excluding hydrogens is 274 g/mol. The number of rotatable bonds is 6. The van der Waals surface area contributed by atoms with Crippen LogP contribution in [0.4, 0.5) is 5.69 Å². The van der Waals surface area contributed by atoms with E-state index in [1.165, 1.54) is 0 Å². The second-order valence-electron chi connectivity index (χ2n) is 5.45. The molecule has 0 fully saturated rings. The fourth-order valence-electron chi connectivity index (χ4n) is 2.33. The van der Waals surface area contributed by atoms with Gasteiger partial charge in [-0.15, -0.1) is 0 Å². The number of anilines is 1. The Morgan fingerprint density at radius 1 is 1.05 bits per heavy atom. The van der Waals surface area contributed by atoms with Crippen LogP contribution in [0.25, 0.3) is 0 Å². The summed E-state index contributed by atoms with van der Waals surface area (Å²) in [6.45, 7) is 6.10. The van der Waals surface area contributed by atoms with Crippen molar-refractivity contribution in [3.8, 4) is 11.5 Å². The lowest BCUT2D eigenvalue weighted by molar-refractivity contribution is -0.120. The largest absolute Gasteiger partial charge is 0.457 e. The van der Waals surface area contributed by atoms with Gasteiger partial charge in [-0.1, -0.05) is 26.0 Å². The van der Waals surface area contributed by atoms with Gasteiger partial charge in [0.05, 0.1) is 0 Å². The molecule has 22 heavy (non-hydrogen) atoms. The number of benzene rings is 2. The molecule has 0 aliphatic rings. The summed E-state index contributed by atoms with van der Waals surface area (Å²) in [6, 6.07) is 15.4. The van der Waals surface area contributed by atoms with Crippen molar-refractivity contribution < 1.29 is 9.53 Å². The van der Waals surface area contributed by atoms with E-state index in [4.69, 9.17) is 4.74 Å². The monoisotopic (exact) mass is 297 g/mol. The highest BCUT2D eigenvalue weighted by atomic mass is 16.5. The number of ether oxygens (including phenoxy) is 1. The Morgan fingerprint density at radius 3 is 2.32 bits per heavy atom. The minimum Gasteiger partial charge on any atom is -0.457 e. The molecule has 1 amide bonds. The molecule has 116 valence electrons. The van der Waals surface area contributed by atoms with Crippen molar-refractivity contribution in [1.29, 1.82) is 0 Å². The van der Waals surface area contributed by atoms with Crippen LogP contribution in [0.15, 0.2) is 48.5 Å². The summed E-state index contributed by atoms with van der Waals surface area (Å²) in [5, 5.41) is 2.95. The van der Waals surface area contributed by atoms with Gasteiger partial charge in [-0.2, -0.15) is 0 Å². The van der Waals surface area contributed by atoms with Crippen molar-refractivity contribution in [1.82, 2.24) is 0 Å². The molecule has 0 aliphatic heterocycles. The van der Waals surface area contributed by atoms with Crippen molar-refractivity contribution >= 4 is 11.6 Å². The van der Waals surface area contributed by atoms with Crippen LogP contribution in [-0.2, 0) is 4.79 Å². The number of carbonyl (C=O) groups is 1. The fraction of sp³-hybridized carbons (Fsp3) is 0.316. The maximum absolute atomic E-state index is 12.0. The minimum atomic E-state index is 0.0724. The van der Waals surface area contributed by atoms with Gasteiger partial charge < -0.3 is 10.1 Å². The predicted octanol–water partition coefficient (Wildman–Crippen LogP) is 5.16. The molecule has 0 heterocycles. The predicted molar refractivity (Wildman–Crippen MR) is 90.4 cm³/mol. The first kappa shape index (κ1) is 16.1. The molecule has 3 heteroatoms. The Balaban J connectivity index is 2.00. The van der Waals surface area contributed by atoms with Crippen molar-refractivity contribution in [3.63, 3.8) is 0 Å². The van der Waals surface area contributed by atoms with Gasteiger partial charge in [-0.25, -0.2) is 0 Å². The van der Waals surface area contributed by atoms with Crippen LogP contribution in [-0.4, -0.2) is 5.91 Å². The van der Waals surface area contributed by atoms with E-state index in [1.807, 2.05) is 69.3 Å². The van der Waals surface area contributed by atoms with Gasteiger partial charge in [-0.05, 0) is 61.7 Å². The molecule has 2 rings (SSSR count). The van der Waals surface area contributed by atoms with Crippen molar-refractivity contribution in [2.24, 2.45) is 5.92 Å². The van der Waals surface area contributed by atoms with Gasteiger partial charge in [0.15, 0.2) is 0 Å². The summed E-state index contributed by atoms with van der Waals surface area (Å²) in [6.07, 6.45) is 1.72. The van der Waals surface area contributed by atoms with Crippen molar-refractivity contribution in [2.75, 3.05) is 5.32 Å². The van der Waals surface area contributed by atoms with Crippen LogP contribution in [0.5, 0.6) is 11.5 Å². The highest BCUT2D eigenvalue weighted by Crippen LogP contribution is 2.24. The SMILES string of the molecule is CCC(CC)C(=O)Nc1ccc(Oc2cccc(C)c2)cc1. The average molecular weight is 297 g/mol. The lowest BCUT2D eigenvalue weighted by Gasteiger charge is -2.13. The lowest BCUT2D eigenvalue weighted by atomic mass is 10.0. The zero-order chi connectivity index (χ0) is 15.9. The third kappa shape index (κ3) is 4.35. The van der Waals surface area contributed by atoms with Crippen molar-refractivity contribution in [3.05, 3.63) is 54.1 Å². The average Bonchev–Trinajstić information content (AvgIpc) is 2.50. The van der Waals surface area contributed by atoms with Crippen LogP contribution in [0, 0.1) is 12.8 Å². The Morgan fingerprint density at radius 2 is 1.73 bits per heavy atom. The van der Waals surface area contributed by atoms with Crippen LogP contribution in [0.3, 0.4) is 0 Å². The molecule has 0 atom stereocenters. The van der Waals surface area contributed by atoms with Crippen LogP contribution in [0.1, 0.15) is 32.3 Å². The zero-order valence-corrected chi connectivity index (χ0v) is 13.4. The number of aryl methyl sites for hydroxylation is 1.